The van der Waals surface area contributed by atoms with Gasteiger partial charge in [-0.15, -0.1) is 0 Å². The molecule has 176 valence electrons. The first kappa shape index (κ1) is 24.9. The summed E-state index contributed by atoms with van der Waals surface area (Å²) in [4.78, 5) is 28.3. The van der Waals surface area contributed by atoms with Gasteiger partial charge in [-0.2, -0.15) is 0 Å². The molecule has 2 aromatic rings. The van der Waals surface area contributed by atoms with Gasteiger partial charge in [-0.25, -0.2) is 4.39 Å². The van der Waals surface area contributed by atoms with Crippen molar-refractivity contribution in [2.24, 2.45) is 11.8 Å². The number of benzene rings is 2. The fourth-order valence-electron chi connectivity index (χ4n) is 4.26. The number of nitrogens with zero attached hydrogens (tertiary/aromatic N) is 1. The summed E-state index contributed by atoms with van der Waals surface area (Å²) in [5.74, 6) is -2.02. The molecule has 1 saturated heterocycles. The van der Waals surface area contributed by atoms with Crippen LogP contribution < -0.4 is 10.2 Å². The van der Waals surface area contributed by atoms with Crippen LogP contribution in [0.2, 0.25) is 0 Å². The number of hydrogen-bond donors (Lipinski definition) is 3. The van der Waals surface area contributed by atoms with Crippen molar-refractivity contribution >= 4 is 24.5 Å². The zero-order valence-electron chi connectivity index (χ0n) is 19.2. The summed E-state index contributed by atoms with van der Waals surface area (Å²) in [5, 5.41) is 22.2. The van der Waals surface area contributed by atoms with Crippen LogP contribution in [0.1, 0.15) is 38.7 Å². The number of carbonyl (C=O) groups is 2. The minimum atomic E-state index is -1.68. The lowest BCUT2D eigenvalue weighted by Gasteiger charge is -2.42. The number of amides is 1. The van der Waals surface area contributed by atoms with Crippen molar-refractivity contribution in [1.82, 2.24) is 5.32 Å². The monoisotopic (exact) mass is 454 g/mol. The molecule has 1 aliphatic rings. The Bertz CT molecular complexity index is 924. The Morgan fingerprint density at radius 2 is 1.79 bits per heavy atom. The molecule has 1 amide bonds. The maximum absolute atomic E-state index is 13.3. The molecule has 33 heavy (non-hydrogen) atoms. The quantitative estimate of drug-likeness (QED) is 0.455. The Morgan fingerprint density at radius 1 is 1.12 bits per heavy atom. The molecule has 0 bridgehead atoms. The topological polar surface area (TPSA) is 89.9 Å². The minimum absolute atomic E-state index is 0.0407. The highest BCUT2D eigenvalue weighted by molar-refractivity contribution is 6.43. The molecule has 2 aromatic carbocycles. The summed E-state index contributed by atoms with van der Waals surface area (Å²) in [5.41, 5.74) is 1.71. The van der Waals surface area contributed by atoms with Crippen LogP contribution in [0.3, 0.4) is 0 Å². The lowest BCUT2D eigenvalue weighted by atomic mass is 9.74. The van der Waals surface area contributed by atoms with Gasteiger partial charge in [-0.3, -0.25) is 9.59 Å². The zero-order valence-corrected chi connectivity index (χ0v) is 19.2. The second-order valence-corrected chi connectivity index (χ2v) is 9.19. The second kappa shape index (κ2) is 11.4. The predicted molar refractivity (Wildman–Crippen MR) is 127 cm³/mol. The summed E-state index contributed by atoms with van der Waals surface area (Å²) < 4.78 is 13.3. The largest absolute Gasteiger partial charge is 0.475 e. The van der Waals surface area contributed by atoms with E-state index in [-0.39, 0.29) is 35.9 Å². The number of halogens is 1. The van der Waals surface area contributed by atoms with E-state index in [1.807, 2.05) is 49.1 Å². The molecule has 3 N–H and O–H groups in total. The van der Waals surface area contributed by atoms with Gasteiger partial charge in [0.1, 0.15) is 5.82 Å². The van der Waals surface area contributed by atoms with Crippen LogP contribution in [0.15, 0.2) is 54.6 Å². The summed E-state index contributed by atoms with van der Waals surface area (Å²) in [6.45, 7) is 4.57. The van der Waals surface area contributed by atoms with Gasteiger partial charge >= 0.3 is 7.12 Å². The SMILES string of the molecule is CC(C)C[C@H](NC(=O)[C@@H](CC(=O)[C@@H]1CCN1c1ccc(F)cc1)Cc1ccccc1)B(O)O. The van der Waals surface area contributed by atoms with Crippen LogP contribution >= 0.6 is 0 Å². The van der Waals surface area contributed by atoms with Gasteiger partial charge in [0.05, 0.1) is 12.0 Å². The van der Waals surface area contributed by atoms with E-state index >= 15 is 0 Å². The first-order valence-corrected chi connectivity index (χ1v) is 11.5. The van der Waals surface area contributed by atoms with E-state index in [0.717, 1.165) is 11.3 Å². The number of anilines is 1. The molecule has 0 aliphatic carbocycles. The Labute approximate surface area is 195 Å². The lowest BCUT2D eigenvalue weighted by Crippen LogP contribution is -2.54. The molecule has 0 saturated carbocycles. The van der Waals surface area contributed by atoms with Crippen LogP contribution in [0, 0.1) is 17.7 Å². The van der Waals surface area contributed by atoms with Crippen LogP contribution in [0.25, 0.3) is 0 Å². The average molecular weight is 454 g/mol. The predicted octanol–water partition coefficient (Wildman–Crippen LogP) is 2.77. The third kappa shape index (κ3) is 6.89. The van der Waals surface area contributed by atoms with E-state index in [2.05, 4.69) is 5.32 Å². The van der Waals surface area contributed by atoms with Crippen molar-refractivity contribution in [1.29, 1.82) is 0 Å². The van der Waals surface area contributed by atoms with Gasteiger partial charge in [0.2, 0.25) is 5.91 Å². The highest BCUT2D eigenvalue weighted by Gasteiger charge is 2.37. The number of Topliss-reactive ketones (excluding diaryl/α,β-unsaturated/α-hetero) is 1. The molecule has 3 atom stereocenters. The molecule has 0 radical (unpaired) electrons. The molecule has 3 rings (SSSR count). The van der Waals surface area contributed by atoms with Crippen LogP contribution in [0.4, 0.5) is 10.1 Å². The van der Waals surface area contributed by atoms with Gasteiger partial charge < -0.3 is 20.3 Å². The van der Waals surface area contributed by atoms with Crippen molar-refractivity contribution in [3.8, 4) is 0 Å². The van der Waals surface area contributed by atoms with Gasteiger partial charge in [-0.1, -0.05) is 44.2 Å². The fourth-order valence-corrected chi connectivity index (χ4v) is 4.26. The number of carbonyl (C=O) groups excluding carboxylic acids is 2. The summed E-state index contributed by atoms with van der Waals surface area (Å²) >= 11 is 0. The molecule has 0 aromatic heterocycles. The third-order valence-corrected chi connectivity index (χ3v) is 6.11. The number of rotatable bonds is 11. The molecule has 1 fully saturated rings. The summed E-state index contributed by atoms with van der Waals surface area (Å²) in [6, 6.07) is 15.2. The van der Waals surface area contributed by atoms with Gasteiger partial charge in [-0.05, 0) is 55.0 Å². The van der Waals surface area contributed by atoms with Crippen LogP contribution in [-0.2, 0) is 16.0 Å². The highest BCUT2D eigenvalue weighted by atomic mass is 19.1. The highest BCUT2D eigenvalue weighted by Crippen LogP contribution is 2.29. The van der Waals surface area contributed by atoms with Gasteiger partial charge in [0.25, 0.3) is 0 Å². The van der Waals surface area contributed by atoms with Crippen molar-refractivity contribution in [2.75, 3.05) is 11.4 Å². The molecule has 8 heteroatoms. The smallest absolute Gasteiger partial charge is 0.426 e. The minimum Gasteiger partial charge on any atom is -0.426 e. The number of hydrogen-bond acceptors (Lipinski definition) is 5. The number of ketones is 1. The first-order chi connectivity index (χ1) is 15.7. The van der Waals surface area contributed by atoms with Gasteiger partial charge in [0.15, 0.2) is 5.78 Å². The molecular formula is C25H32BFN2O4. The Balaban J connectivity index is 1.72. The number of nitrogens with one attached hydrogen (secondary N) is 1. The average Bonchev–Trinajstić information content (AvgIpc) is 2.74. The molecule has 0 unspecified atom stereocenters. The Kier molecular flexibility index (Phi) is 8.64. The van der Waals surface area contributed by atoms with E-state index in [1.54, 1.807) is 12.1 Å². The van der Waals surface area contributed by atoms with Crippen molar-refractivity contribution in [3.05, 3.63) is 66.0 Å². The maximum Gasteiger partial charge on any atom is 0.475 e. The van der Waals surface area contributed by atoms with E-state index in [9.17, 15) is 24.0 Å². The van der Waals surface area contributed by atoms with E-state index in [0.29, 0.717) is 25.8 Å². The van der Waals surface area contributed by atoms with Crippen LogP contribution in [-0.4, -0.2) is 47.4 Å². The zero-order chi connectivity index (χ0) is 24.0. The molecule has 0 spiro atoms. The maximum atomic E-state index is 13.3. The van der Waals surface area contributed by atoms with Crippen molar-refractivity contribution in [2.45, 2.75) is 51.5 Å². The first-order valence-electron chi connectivity index (χ1n) is 11.5. The fraction of sp³-hybridized carbons (Fsp3) is 0.440. The summed E-state index contributed by atoms with van der Waals surface area (Å²) in [7, 11) is -1.68. The molecule has 1 heterocycles. The second-order valence-electron chi connectivity index (χ2n) is 9.19. The Hall–Kier alpha value is -2.71. The van der Waals surface area contributed by atoms with Gasteiger partial charge in [0, 0.05) is 24.6 Å². The van der Waals surface area contributed by atoms with E-state index in [4.69, 9.17) is 0 Å². The molecular weight excluding hydrogens is 422 g/mol. The molecule has 1 aliphatic heterocycles. The standard InChI is InChI=1S/C25H32BFN2O4/c1-17(2)14-24(26(32)33)28-25(31)19(15-18-6-4-3-5-7-18)16-23(30)22-12-13-29(22)21-10-8-20(27)9-11-21/h3-11,17,19,22,24,32-33H,12-16H2,1-2H3,(H,28,31)/t19-,22+,24+/m1/s1. The van der Waals surface area contributed by atoms with E-state index in [1.165, 1.54) is 12.1 Å². The third-order valence-electron chi connectivity index (χ3n) is 6.11. The van der Waals surface area contributed by atoms with Crippen molar-refractivity contribution in [3.63, 3.8) is 0 Å². The van der Waals surface area contributed by atoms with Crippen molar-refractivity contribution < 1.29 is 24.0 Å². The lowest BCUT2D eigenvalue weighted by molar-refractivity contribution is -0.130. The summed E-state index contributed by atoms with van der Waals surface area (Å²) in [6.07, 6.45) is 1.51. The van der Waals surface area contributed by atoms with E-state index < -0.39 is 19.0 Å². The molecule has 6 nitrogen and oxygen atoms in total. The van der Waals surface area contributed by atoms with Crippen LogP contribution in [0.5, 0.6) is 0 Å². The normalized spacial score (nSPS) is 17.3. The Morgan fingerprint density at radius 3 is 2.33 bits per heavy atom.